The Bertz CT molecular complexity index is 401. The summed E-state index contributed by atoms with van der Waals surface area (Å²) in [6.45, 7) is -0.256. The molecule has 0 bridgehead atoms. The summed E-state index contributed by atoms with van der Waals surface area (Å²) < 4.78 is 26.0. The molecule has 2 rings (SSSR count). The molecular weight excluding hydrogens is 302 g/mol. The number of aliphatic hydroxyl groups is 2. The first-order chi connectivity index (χ1) is 10.5. The minimum atomic E-state index is -3.42. The van der Waals surface area contributed by atoms with Crippen LogP contribution in [0.2, 0.25) is 0 Å². The van der Waals surface area contributed by atoms with Gasteiger partial charge in [0, 0.05) is 13.1 Å². The summed E-state index contributed by atoms with van der Waals surface area (Å²) in [6.07, 6.45) is 1.74. The Labute approximate surface area is 125 Å². The third-order valence-corrected chi connectivity index (χ3v) is 2.25. The molecular formula is C10H18F2N8O2. The van der Waals surface area contributed by atoms with Crippen molar-refractivity contribution in [2.45, 2.75) is 12.1 Å². The van der Waals surface area contributed by atoms with Gasteiger partial charge in [-0.25, -0.2) is 15.0 Å². The number of nitrogens with one attached hydrogen (secondary N) is 4. The lowest BCUT2D eigenvalue weighted by atomic mass is 10.4. The summed E-state index contributed by atoms with van der Waals surface area (Å²) >= 11 is 0. The molecule has 0 aromatic carbocycles. The molecule has 0 unspecified atom stereocenters. The molecule has 0 atom stereocenters. The average Bonchev–Trinajstić information content (AvgIpc) is 2.52. The van der Waals surface area contributed by atoms with Crippen LogP contribution in [-0.4, -0.2) is 69.9 Å². The highest BCUT2D eigenvalue weighted by Crippen LogP contribution is 2.15. The normalized spacial score (nSPS) is 18.0. The standard InChI is InChI=1S/C7H15F2N5O2.C3H3N3/c8-6(9)12-5-13-7(14-6,10-1-3-15)11-2-4-16;1-4-2-6-3-5-1/h5,10-11,14-16H,1-4H2,(H,12,13);1-3H. The van der Waals surface area contributed by atoms with Crippen molar-refractivity contribution >= 4 is 6.34 Å². The topological polar surface area (TPSA) is 140 Å². The highest BCUT2D eigenvalue weighted by Gasteiger charge is 2.42. The molecule has 6 N–H and O–H groups in total. The molecule has 0 saturated carbocycles. The Morgan fingerprint density at radius 2 is 1.45 bits per heavy atom. The molecule has 0 spiro atoms. The van der Waals surface area contributed by atoms with Gasteiger partial charge in [0.2, 0.25) is 5.91 Å². The van der Waals surface area contributed by atoms with Gasteiger partial charge in [-0.1, -0.05) is 0 Å². The summed E-state index contributed by atoms with van der Waals surface area (Å²) in [5.74, 6) is -1.50. The van der Waals surface area contributed by atoms with Crippen LogP contribution in [0.3, 0.4) is 0 Å². The lowest BCUT2D eigenvalue weighted by Gasteiger charge is -2.40. The molecule has 22 heavy (non-hydrogen) atoms. The number of hydrogen-bond donors (Lipinski definition) is 6. The average molecular weight is 320 g/mol. The Hall–Kier alpha value is -1.86. The molecule has 0 amide bonds. The van der Waals surface area contributed by atoms with Crippen LogP contribution in [0.5, 0.6) is 0 Å². The van der Waals surface area contributed by atoms with Gasteiger partial charge in [0.15, 0.2) is 0 Å². The quantitative estimate of drug-likeness (QED) is 0.246. The Morgan fingerprint density at radius 3 is 1.82 bits per heavy atom. The lowest BCUT2D eigenvalue weighted by Crippen LogP contribution is -2.79. The first-order valence-electron chi connectivity index (χ1n) is 6.29. The number of halogens is 2. The van der Waals surface area contributed by atoms with Crippen LogP contribution >= 0.6 is 0 Å². The van der Waals surface area contributed by atoms with E-state index < -0.39 is 12.1 Å². The zero-order valence-corrected chi connectivity index (χ0v) is 11.6. The maximum atomic E-state index is 13.0. The van der Waals surface area contributed by atoms with Crippen LogP contribution in [0.25, 0.3) is 0 Å². The van der Waals surface area contributed by atoms with Crippen LogP contribution in [0.4, 0.5) is 8.78 Å². The van der Waals surface area contributed by atoms with E-state index in [0.29, 0.717) is 0 Å². The number of rotatable bonds is 6. The maximum absolute atomic E-state index is 13.0. The number of aromatic nitrogens is 3. The smallest absolute Gasteiger partial charge is 0.395 e. The highest BCUT2D eigenvalue weighted by molar-refractivity contribution is 5.57. The van der Waals surface area contributed by atoms with E-state index in [1.54, 1.807) is 0 Å². The van der Waals surface area contributed by atoms with Crippen LogP contribution in [0.15, 0.2) is 24.0 Å². The van der Waals surface area contributed by atoms with Gasteiger partial charge in [-0.3, -0.25) is 10.6 Å². The van der Waals surface area contributed by atoms with E-state index in [2.05, 4.69) is 35.9 Å². The third-order valence-electron chi connectivity index (χ3n) is 2.25. The van der Waals surface area contributed by atoms with Gasteiger partial charge in [0.05, 0.1) is 19.6 Å². The zero-order chi connectivity index (χ0) is 16.3. The first kappa shape index (κ1) is 18.2. The van der Waals surface area contributed by atoms with Crippen molar-refractivity contribution in [2.24, 2.45) is 4.99 Å². The van der Waals surface area contributed by atoms with Gasteiger partial charge in [-0.15, -0.1) is 0 Å². The van der Waals surface area contributed by atoms with Crippen molar-refractivity contribution < 1.29 is 19.0 Å². The van der Waals surface area contributed by atoms with Crippen molar-refractivity contribution in [1.82, 2.24) is 36.2 Å². The van der Waals surface area contributed by atoms with E-state index >= 15 is 0 Å². The fourth-order valence-corrected chi connectivity index (χ4v) is 1.45. The summed E-state index contributed by atoms with van der Waals surface area (Å²) in [5, 5.41) is 26.9. The number of hydrogen-bond acceptors (Lipinski definition) is 10. The molecule has 124 valence electrons. The number of nitrogens with zero attached hydrogens (tertiary/aromatic N) is 4. The lowest BCUT2D eigenvalue weighted by molar-refractivity contribution is -0.0835. The molecule has 0 aliphatic carbocycles. The second kappa shape index (κ2) is 9.22. The molecule has 1 aliphatic rings. The number of alkyl halides is 2. The Kier molecular flexibility index (Phi) is 7.62. The molecule has 1 aliphatic heterocycles. The van der Waals surface area contributed by atoms with Crippen molar-refractivity contribution in [3.05, 3.63) is 19.0 Å². The van der Waals surface area contributed by atoms with Gasteiger partial charge in [-0.05, 0) is 0 Å². The predicted molar refractivity (Wildman–Crippen MR) is 72.4 cm³/mol. The second-order valence-electron chi connectivity index (χ2n) is 3.91. The van der Waals surface area contributed by atoms with Crippen molar-refractivity contribution in [1.29, 1.82) is 0 Å². The molecule has 0 fully saturated rings. The SMILES string of the molecule is OCCNC1(NCCO)NC=NC(F)(F)N1.c1ncncn1. The molecule has 1 aromatic heterocycles. The molecule has 10 nitrogen and oxygen atoms in total. The molecule has 0 radical (unpaired) electrons. The number of aliphatic hydroxyl groups excluding tert-OH is 2. The van der Waals surface area contributed by atoms with E-state index in [1.807, 2.05) is 5.32 Å². The Morgan fingerprint density at radius 1 is 0.955 bits per heavy atom. The monoisotopic (exact) mass is 320 g/mol. The molecule has 1 aromatic rings. The van der Waals surface area contributed by atoms with Crippen molar-refractivity contribution in [3.63, 3.8) is 0 Å². The first-order valence-corrected chi connectivity index (χ1v) is 6.29. The summed E-state index contributed by atoms with van der Waals surface area (Å²) in [5.41, 5.74) is 0. The number of aliphatic imine (C=N–C) groups is 1. The third kappa shape index (κ3) is 6.73. The highest BCUT2D eigenvalue weighted by atomic mass is 19.3. The van der Waals surface area contributed by atoms with Gasteiger partial charge in [0.1, 0.15) is 19.0 Å². The molecule has 2 heterocycles. The fraction of sp³-hybridized carbons (Fsp3) is 0.600. The Balaban J connectivity index is 0.000000335. The van der Waals surface area contributed by atoms with Gasteiger partial charge in [-0.2, -0.15) is 19.1 Å². The summed E-state index contributed by atoms with van der Waals surface area (Å²) in [4.78, 5) is 13.6. The maximum Gasteiger partial charge on any atom is 0.411 e. The van der Waals surface area contributed by atoms with Gasteiger partial charge in [0.25, 0.3) is 0 Å². The predicted octanol–water partition coefficient (Wildman–Crippen LogP) is -2.60. The van der Waals surface area contributed by atoms with Crippen LogP contribution in [0, 0.1) is 0 Å². The van der Waals surface area contributed by atoms with E-state index in [4.69, 9.17) is 10.2 Å². The van der Waals surface area contributed by atoms with Crippen molar-refractivity contribution in [2.75, 3.05) is 26.3 Å². The van der Waals surface area contributed by atoms with Crippen molar-refractivity contribution in [3.8, 4) is 0 Å². The van der Waals surface area contributed by atoms with Crippen LogP contribution < -0.4 is 21.3 Å². The molecule has 0 saturated heterocycles. The summed E-state index contributed by atoms with van der Waals surface area (Å²) in [7, 11) is 0. The van der Waals surface area contributed by atoms with Crippen LogP contribution in [-0.2, 0) is 0 Å². The second-order valence-corrected chi connectivity index (χ2v) is 3.91. The van der Waals surface area contributed by atoms with E-state index in [9.17, 15) is 8.78 Å². The van der Waals surface area contributed by atoms with Gasteiger partial charge < -0.3 is 15.5 Å². The minimum absolute atomic E-state index is 0.0857. The molecule has 12 heteroatoms. The summed E-state index contributed by atoms with van der Waals surface area (Å²) in [6, 6.07) is 0. The van der Waals surface area contributed by atoms with E-state index in [1.165, 1.54) is 19.0 Å². The van der Waals surface area contributed by atoms with E-state index in [0.717, 1.165) is 6.34 Å². The van der Waals surface area contributed by atoms with Gasteiger partial charge >= 0.3 is 6.17 Å². The minimum Gasteiger partial charge on any atom is -0.395 e. The zero-order valence-electron chi connectivity index (χ0n) is 11.6. The van der Waals surface area contributed by atoms with E-state index in [-0.39, 0.29) is 26.3 Å². The van der Waals surface area contributed by atoms with Crippen LogP contribution in [0.1, 0.15) is 0 Å². The fourth-order valence-electron chi connectivity index (χ4n) is 1.45. The largest absolute Gasteiger partial charge is 0.411 e.